The molecule has 0 bridgehead atoms. The molecule has 4 rings (SSSR count). The molecule has 1 spiro atoms. The molecule has 1 aliphatic carbocycles. The molecule has 1 unspecified atom stereocenters. The van der Waals surface area contributed by atoms with E-state index in [2.05, 4.69) is 5.32 Å². The zero-order chi connectivity index (χ0) is 16.9. The van der Waals surface area contributed by atoms with Gasteiger partial charge in [-0.05, 0) is 37.8 Å². The average molecular weight is 327 g/mol. The highest BCUT2D eigenvalue weighted by atomic mass is 16.2. The van der Waals surface area contributed by atoms with Gasteiger partial charge in [0.25, 0.3) is 5.91 Å². The first kappa shape index (κ1) is 15.2. The maximum absolute atomic E-state index is 12.9. The standard InChI is InChI=1S/C18H21N3O3/c1-12(15(22)20-11-8-13-6-2-3-7-14(13)20)21-16(23)18(19-17(21)24)9-4-5-10-18/h2-3,6-7,12H,4-5,8-11H2,1H3,(H,19,24). The summed E-state index contributed by atoms with van der Waals surface area (Å²) in [6.45, 7) is 2.24. The molecule has 1 aromatic rings. The van der Waals surface area contributed by atoms with E-state index in [1.165, 1.54) is 0 Å². The maximum Gasteiger partial charge on any atom is 0.325 e. The van der Waals surface area contributed by atoms with Crippen LogP contribution in [0.4, 0.5) is 10.5 Å². The molecule has 1 atom stereocenters. The van der Waals surface area contributed by atoms with E-state index < -0.39 is 17.6 Å². The predicted octanol–water partition coefficient (Wildman–Crippen LogP) is 1.83. The molecule has 6 nitrogen and oxygen atoms in total. The Kier molecular flexibility index (Phi) is 3.37. The fraction of sp³-hybridized carbons (Fsp3) is 0.500. The van der Waals surface area contributed by atoms with Gasteiger partial charge in [-0.25, -0.2) is 9.69 Å². The fourth-order valence-electron chi connectivity index (χ4n) is 4.21. The van der Waals surface area contributed by atoms with Crippen LogP contribution in [0, 0.1) is 0 Å². The van der Waals surface area contributed by atoms with Crippen LogP contribution in [0.3, 0.4) is 0 Å². The highest BCUT2D eigenvalue weighted by molar-refractivity contribution is 6.12. The van der Waals surface area contributed by atoms with Crippen LogP contribution in [0.5, 0.6) is 0 Å². The van der Waals surface area contributed by atoms with E-state index in [0.29, 0.717) is 19.4 Å². The molecule has 24 heavy (non-hydrogen) atoms. The minimum Gasteiger partial charge on any atom is -0.323 e. The van der Waals surface area contributed by atoms with Crippen LogP contribution in [-0.2, 0) is 16.0 Å². The summed E-state index contributed by atoms with van der Waals surface area (Å²) in [5, 5.41) is 2.84. The van der Waals surface area contributed by atoms with Crippen LogP contribution in [-0.4, -0.2) is 40.9 Å². The summed E-state index contributed by atoms with van der Waals surface area (Å²) in [6.07, 6.45) is 4.01. The van der Waals surface area contributed by atoms with E-state index in [1.54, 1.807) is 11.8 Å². The smallest absolute Gasteiger partial charge is 0.323 e. The van der Waals surface area contributed by atoms with Gasteiger partial charge in [0, 0.05) is 12.2 Å². The number of rotatable bonds is 2. The van der Waals surface area contributed by atoms with Crippen LogP contribution >= 0.6 is 0 Å². The van der Waals surface area contributed by atoms with E-state index in [9.17, 15) is 14.4 Å². The summed E-state index contributed by atoms with van der Waals surface area (Å²) in [4.78, 5) is 41.0. The molecule has 2 aliphatic heterocycles. The zero-order valence-corrected chi connectivity index (χ0v) is 13.7. The second-order valence-electron chi connectivity index (χ2n) is 6.94. The third kappa shape index (κ3) is 2.05. The molecular formula is C18H21N3O3. The fourth-order valence-corrected chi connectivity index (χ4v) is 4.21. The highest BCUT2D eigenvalue weighted by Crippen LogP contribution is 2.36. The molecule has 0 radical (unpaired) electrons. The molecule has 4 amide bonds. The molecule has 0 aromatic heterocycles. The third-order valence-electron chi connectivity index (χ3n) is 5.55. The van der Waals surface area contributed by atoms with Crippen molar-refractivity contribution in [1.29, 1.82) is 0 Å². The lowest BCUT2D eigenvalue weighted by Gasteiger charge is -2.27. The van der Waals surface area contributed by atoms with Crippen LogP contribution < -0.4 is 10.2 Å². The van der Waals surface area contributed by atoms with Crippen LogP contribution in [0.15, 0.2) is 24.3 Å². The summed E-state index contributed by atoms with van der Waals surface area (Å²) in [7, 11) is 0. The molecule has 126 valence electrons. The SMILES string of the molecule is CC(C(=O)N1CCc2ccccc21)N1C(=O)NC2(CCCC2)C1=O. The number of hydrogen-bond acceptors (Lipinski definition) is 3. The maximum atomic E-state index is 12.9. The molecule has 2 heterocycles. The number of para-hydroxylation sites is 1. The van der Waals surface area contributed by atoms with E-state index in [4.69, 9.17) is 0 Å². The number of imide groups is 1. The Bertz CT molecular complexity index is 724. The third-order valence-corrected chi connectivity index (χ3v) is 5.55. The summed E-state index contributed by atoms with van der Waals surface area (Å²) < 4.78 is 0. The highest BCUT2D eigenvalue weighted by Gasteiger charge is 2.55. The number of carbonyl (C=O) groups excluding carboxylic acids is 3. The second kappa shape index (κ2) is 5.33. The van der Waals surface area contributed by atoms with E-state index in [1.807, 2.05) is 24.3 Å². The lowest BCUT2D eigenvalue weighted by Crippen LogP contribution is -2.51. The van der Waals surface area contributed by atoms with Crippen molar-refractivity contribution < 1.29 is 14.4 Å². The van der Waals surface area contributed by atoms with Gasteiger partial charge in [0.15, 0.2) is 0 Å². The molecule has 2 fully saturated rings. The van der Waals surface area contributed by atoms with Gasteiger partial charge in [0.05, 0.1) is 0 Å². The Morgan fingerprint density at radius 2 is 1.92 bits per heavy atom. The molecule has 6 heteroatoms. The number of nitrogens with zero attached hydrogens (tertiary/aromatic N) is 2. The summed E-state index contributed by atoms with van der Waals surface area (Å²) in [5.41, 5.74) is 1.24. The van der Waals surface area contributed by atoms with E-state index in [-0.39, 0.29) is 11.8 Å². The largest absolute Gasteiger partial charge is 0.325 e. The summed E-state index contributed by atoms with van der Waals surface area (Å²) in [5.74, 6) is -0.433. The topological polar surface area (TPSA) is 69.7 Å². The van der Waals surface area contributed by atoms with Crippen LogP contribution in [0.2, 0.25) is 0 Å². The number of urea groups is 1. The van der Waals surface area contributed by atoms with Gasteiger partial charge in [-0.3, -0.25) is 9.59 Å². The van der Waals surface area contributed by atoms with Crippen molar-refractivity contribution in [2.75, 3.05) is 11.4 Å². The Morgan fingerprint density at radius 1 is 1.21 bits per heavy atom. The monoisotopic (exact) mass is 327 g/mol. The molecule has 1 saturated carbocycles. The number of amides is 4. The van der Waals surface area contributed by atoms with E-state index >= 15 is 0 Å². The van der Waals surface area contributed by atoms with Gasteiger partial charge in [-0.15, -0.1) is 0 Å². The van der Waals surface area contributed by atoms with Crippen LogP contribution in [0.1, 0.15) is 38.2 Å². The average Bonchev–Trinajstić information content (AvgIpc) is 3.26. The first-order valence-corrected chi connectivity index (χ1v) is 8.59. The minimum absolute atomic E-state index is 0.196. The second-order valence-corrected chi connectivity index (χ2v) is 6.94. The lowest BCUT2D eigenvalue weighted by atomic mass is 9.97. The van der Waals surface area contributed by atoms with Crippen molar-refractivity contribution in [3.05, 3.63) is 29.8 Å². The Morgan fingerprint density at radius 3 is 2.67 bits per heavy atom. The van der Waals surface area contributed by atoms with Crippen molar-refractivity contribution in [3.63, 3.8) is 0 Å². The van der Waals surface area contributed by atoms with Crippen LogP contribution in [0.25, 0.3) is 0 Å². The Hall–Kier alpha value is -2.37. The molecule has 1 N–H and O–H groups in total. The van der Waals surface area contributed by atoms with Crippen molar-refractivity contribution in [3.8, 4) is 0 Å². The number of benzene rings is 1. The number of anilines is 1. The molecule has 3 aliphatic rings. The zero-order valence-electron chi connectivity index (χ0n) is 13.7. The van der Waals surface area contributed by atoms with Crippen molar-refractivity contribution >= 4 is 23.5 Å². The lowest BCUT2D eigenvalue weighted by molar-refractivity contribution is -0.136. The molecule has 1 aromatic carbocycles. The predicted molar refractivity (Wildman–Crippen MR) is 88.5 cm³/mol. The summed E-state index contributed by atoms with van der Waals surface area (Å²) in [6, 6.07) is 6.55. The quantitative estimate of drug-likeness (QED) is 0.843. The van der Waals surface area contributed by atoms with E-state index in [0.717, 1.165) is 35.4 Å². The van der Waals surface area contributed by atoms with Crippen molar-refractivity contribution in [2.24, 2.45) is 0 Å². The number of fused-ring (bicyclic) bond motifs is 1. The van der Waals surface area contributed by atoms with Gasteiger partial charge in [-0.1, -0.05) is 31.0 Å². The molecule has 1 saturated heterocycles. The van der Waals surface area contributed by atoms with Gasteiger partial charge >= 0.3 is 6.03 Å². The van der Waals surface area contributed by atoms with Gasteiger partial charge in [0.2, 0.25) is 5.91 Å². The number of hydrogen-bond donors (Lipinski definition) is 1. The summed E-state index contributed by atoms with van der Waals surface area (Å²) >= 11 is 0. The van der Waals surface area contributed by atoms with Crippen molar-refractivity contribution in [2.45, 2.75) is 50.6 Å². The first-order valence-electron chi connectivity index (χ1n) is 8.59. The van der Waals surface area contributed by atoms with Gasteiger partial charge in [-0.2, -0.15) is 0 Å². The normalized spacial score (nSPS) is 22.9. The van der Waals surface area contributed by atoms with Crippen molar-refractivity contribution in [1.82, 2.24) is 10.2 Å². The molecular weight excluding hydrogens is 306 g/mol. The number of carbonyl (C=O) groups is 3. The minimum atomic E-state index is -0.788. The Labute approximate surface area is 140 Å². The Balaban J connectivity index is 1.58. The first-order chi connectivity index (χ1) is 11.5. The van der Waals surface area contributed by atoms with Gasteiger partial charge in [0.1, 0.15) is 11.6 Å². The number of nitrogens with one attached hydrogen (secondary N) is 1. The van der Waals surface area contributed by atoms with Gasteiger partial charge < -0.3 is 10.2 Å².